The van der Waals surface area contributed by atoms with Crippen LogP contribution in [0.4, 0.5) is 0 Å². The molecule has 8 nitrogen and oxygen atoms in total. The lowest BCUT2D eigenvalue weighted by Gasteiger charge is -2.21. The lowest BCUT2D eigenvalue weighted by atomic mass is 10.1. The van der Waals surface area contributed by atoms with E-state index < -0.39 is 10.0 Å². The van der Waals surface area contributed by atoms with Crippen molar-refractivity contribution in [2.24, 2.45) is 5.92 Å². The molecule has 2 rings (SSSR count). The highest BCUT2D eigenvalue weighted by Crippen LogP contribution is 2.18. The first-order valence-electron chi connectivity index (χ1n) is 7.12. The van der Waals surface area contributed by atoms with Gasteiger partial charge in [0, 0.05) is 32.3 Å². The third kappa shape index (κ3) is 4.40. The van der Waals surface area contributed by atoms with Crippen molar-refractivity contribution in [3.63, 3.8) is 0 Å². The van der Waals surface area contributed by atoms with Crippen LogP contribution in [-0.4, -0.2) is 69.8 Å². The van der Waals surface area contributed by atoms with E-state index in [-0.39, 0.29) is 23.6 Å². The molecule has 1 aromatic rings. The third-order valence-electron chi connectivity index (χ3n) is 3.70. The van der Waals surface area contributed by atoms with Gasteiger partial charge < -0.3 is 14.8 Å². The summed E-state index contributed by atoms with van der Waals surface area (Å²) in [6.45, 7) is 0.599. The maximum absolute atomic E-state index is 12.2. The fraction of sp³-hybridized carbons (Fsp3) is 0.571. The van der Waals surface area contributed by atoms with Crippen LogP contribution in [0, 0.1) is 5.92 Å². The Morgan fingerprint density at radius 2 is 2.17 bits per heavy atom. The molecule has 0 aromatic carbocycles. The van der Waals surface area contributed by atoms with Crippen molar-refractivity contribution in [3.05, 3.63) is 23.9 Å². The van der Waals surface area contributed by atoms with Crippen molar-refractivity contribution in [1.82, 2.24) is 14.6 Å². The van der Waals surface area contributed by atoms with Gasteiger partial charge in [0.1, 0.15) is 0 Å². The molecule has 0 radical (unpaired) electrons. The quantitative estimate of drug-likeness (QED) is 0.763. The second-order valence-corrected chi connectivity index (χ2v) is 7.76. The number of pyridine rings is 1. The summed E-state index contributed by atoms with van der Waals surface area (Å²) >= 11 is 0. The fourth-order valence-corrected chi connectivity index (χ4v) is 3.40. The van der Waals surface area contributed by atoms with Crippen LogP contribution in [0.3, 0.4) is 0 Å². The van der Waals surface area contributed by atoms with Gasteiger partial charge >= 0.3 is 0 Å². The van der Waals surface area contributed by atoms with Crippen LogP contribution in [0.1, 0.15) is 10.4 Å². The summed E-state index contributed by atoms with van der Waals surface area (Å²) in [6, 6.07) is 2.84. The molecule has 0 unspecified atom stereocenters. The minimum atomic E-state index is -3.35. The predicted octanol–water partition coefficient (Wildman–Crippen LogP) is -0.274. The monoisotopic (exact) mass is 343 g/mol. The Hall–Kier alpha value is -1.71. The lowest BCUT2D eigenvalue weighted by molar-refractivity contribution is 0.0925. The lowest BCUT2D eigenvalue weighted by Crippen LogP contribution is -2.43. The Morgan fingerprint density at radius 3 is 2.74 bits per heavy atom. The number of nitrogens with one attached hydrogen (secondary N) is 1. The van der Waals surface area contributed by atoms with E-state index in [1.807, 2.05) is 0 Å². The molecule has 1 saturated heterocycles. The summed E-state index contributed by atoms with van der Waals surface area (Å²) in [5.74, 6) is -0.243. The van der Waals surface area contributed by atoms with Crippen molar-refractivity contribution in [1.29, 1.82) is 0 Å². The average molecular weight is 343 g/mol. The molecule has 1 amide bonds. The summed E-state index contributed by atoms with van der Waals surface area (Å²) in [7, 11) is 1.12. The zero-order valence-corrected chi connectivity index (χ0v) is 14.2. The molecule has 0 spiro atoms. The van der Waals surface area contributed by atoms with E-state index in [4.69, 9.17) is 9.47 Å². The number of amides is 1. The van der Waals surface area contributed by atoms with E-state index in [0.29, 0.717) is 24.7 Å². The molecule has 1 aliphatic heterocycles. The maximum atomic E-state index is 12.2. The molecule has 128 valence electrons. The van der Waals surface area contributed by atoms with Gasteiger partial charge in [0.2, 0.25) is 15.9 Å². The number of ether oxygens (including phenoxy) is 2. The molecule has 1 aromatic heterocycles. The van der Waals surface area contributed by atoms with E-state index in [0.717, 1.165) is 0 Å². The molecule has 0 bridgehead atoms. The molecule has 2 atom stereocenters. The van der Waals surface area contributed by atoms with E-state index in [2.05, 4.69) is 10.3 Å². The van der Waals surface area contributed by atoms with Crippen LogP contribution in [0.25, 0.3) is 0 Å². The summed E-state index contributed by atoms with van der Waals surface area (Å²) in [5, 5.41) is 2.82. The van der Waals surface area contributed by atoms with E-state index >= 15 is 0 Å². The van der Waals surface area contributed by atoms with E-state index in [9.17, 15) is 13.2 Å². The number of aromatic nitrogens is 1. The zero-order chi connectivity index (χ0) is 17.0. The SMILES string of the molecule is COc1ccc(C(=O)N[C@@H]2COC[C@H]2CS(=O)(=O)N(C)C)cn1. The van der Waals surface area contributed by atoms with Crippen molar-refractivity contribution in [2.75, 3.05) is 40.2 Å². The molecule has 23 heavy (non-hydrogen) atoms. The molecule has 0 saturated carbocycles. The Labute approximate surface area is 135 Å². The van der Waals surface area contributed by atoms with Gasteiger partial charge in [-0.2, -0.15) is 0 Å². The van der Waals surface area contributed by atoms with Gasteiger partial charge in [-0.15, -0.1) is 0 Å². The highest BCUT2D eigenvalue weighted by Gasteiger charge is 2.34. The topological polar surface area (TPSA) is 97.8 Å². The van der Waals surface area contributed by atoms with Crippen molar-refractivity contribution in [2.45, 2.75) is 6.04 Å². The Morgan fingerprint density at radius 1 is 1.43 bits per heavy atom. The normalized spacial score (nSPS) is 21.4. The summed E-state index contributed by atoms with van der Waals surface area (Å²) in [6.07, 6.45) is 1.41. The van der Waals surface area contributed by atoms with Crippen LogP contribution >= 0.6 is 0 Å². The number of hydrogen-bond acceptors (Lipinski definition) is 6. The third-order valence-corrected chi connectivity index (χ3v) is 5.67. The molecule has 2 heterocycles. The minimum Gasteiger partial charge on any atom is -0.481 e. The van der Waals surface area contributed by atoms with Crippen molar-refractivity contribution >= 4 is 15.9 Å². The van der Waals surface area contributed by atoms with Crippen LogP contribution in [0.5, 0.6) is 5.88 Å². The van der Waals surface area contributed by atoms with Gasteiger partial charge in [0.25, 0.3) is 5.91 Å². The highest BCUT2D eigenvalue weighted by atomic mass is 32.2. The first-order valence-corrected chi connectivity index (χ1v) is 8.73. The second kappa shape index (κ2) is 7.24. The molecule has 1 N–H and O–H groups in total. The standard InChI is InChI=1S/C14H21N3O5S/c1-17(2)23(19,20)9-11-7-22-8-12(11)16-14(18)10-4-5-13(21-3)15-6-10/h4-6,11-12H,7-9H2,1-3H3,(H,16,18)/t11-,12+/m0/s1. The Balaban J connectivity index is 2.01. The predicted molar refractivity (Wildman–Crippen MR) is 83.8 cm³/mol. The number of sulfonamides is 1. The van der Waals surface area contributed by atoms with Crippen molar-refractivity contribution in [3.8, 4) is 5.88 Å². The number of carbonyl (C=O) groups excluding carboxylic acids is 1. The number of carbonyl (C=O) groups is 1. The smallest absolute Gasteiger partial charge is 0.253 e. The maximum Gasteiger partial charge on any atom is 0.253 e. The van der Waals surface area contributed by atoms with Gasteiger partial charge in [-0.05, 0) is 6.07 Å². The van der Waals surface area contributed by atoms with Crippen LogP contribution < -0.4 is 10.1 Å². The van der Waals surface area contributed by atoms with Gasteiger partial charge in [-0.1, -0.05) is 0 Å². The average Bonchev–Trinajstić information content (AvgIpc) is 2.93. The van der Waals surface area contributed by atoms with Crippen LogP contribution in [-0.2, 0) is 14.8 Å². The van der Waals surface area contributed by atoms with Gasteiger partial charge in [-0.3, -0.25) is 4.79 Å². The van der Waals surface area contributed by atoms with Crippen LogP contribution in [0.2, 0.25) is 0 Å². The molecule has 1 aliphatic rings. The highest BCUT2D eigenvalue weighted by molar-refractivity contribution is 7.89. The number of rotatable bonds is 6. The summed E-state index contributed by atoms with van der Waals surface area (Å²) in [5.41, 5.74) is 0.381. The van der Waals surface area contributed by atoms with Gasteiger partial charge in [-0.25, -0.2) is 17.7 Å². The summed E-state index contributed by atoms with van der Waals surface area (Å²) in [4.78, 5) is 16.2. The van der Waals surface area contributed by atoms with E-state index in [1.54, 1.807) is 12.1 Å². The first-order chi connectivity index (χ1) is 10.8. The summed E-state index contributed by atoms with van der Waals surface area (Å²) < 4.78 is 35.4. The van der Waals surface area contributed by atoms with Crippen LogP contribution in [0.15, 0.2) is 18.3 Å². The largest absolute Gasteiger partial charge is 0.481 e. The molecular weight excluding hydrogens is 322 g/mol. The Kier molecular flexibility index (Phi) is 5.55. The molecule has 9 heteroatoms. The number of hydrogen-bond donors (Lipinski definition) is 1. The zero-order valence-electron chi connectivity index (χ0n) is 13.4. The molecular formula is C14H21N3O5S. The molecule has 0 aliphatic carbocycles. The second-order valence-electron chi connectivity index (χ2n) is 5.53. The Bertz CT molecular complexity index is 645. The fourth-order valence-electron chi connectivity index (χ4n) is 2.23. The van der Waals surface area contributed by atoms with Gasteiger partial charge in [0.15, 0.2) is 0 Å². The van der Waals surface area contributed by atoms with E-state index in [1.165, 1.54) is 31.7 Å². The minimum absolute atomic E-state index is 0.0637. The first kappa shape index (κ1) is 17.6. The molecule has 1 fully saturated rings. The number of methoxy groups -OCH3 is 1. The van der Waals surface area contributed by atoms with Crippen molar-refractivity contribution < 1.29 is 22.7 Å². The van der Waals surface area contributed by atoms with Gasteiger partial charge in [0.05, 0.1) is 37.7 Å². The number of nitrogens with zero attached hydrogens (tertiary/aromatic N) is 2.